The smallest absolute Gasteiger partial charge is 0.316 e. The highest BCUT2D eigenvalue weighted by Crippen LogP contribution is 2.36. The van der Waals surface area contributed by atoms with E-state index in [-0.39, 0.29) is 18.3 Å². The summed E-state index contributed by atoms with van der Waals surface area (Å²) < 4.78 is 16.5. The Morgan fingerprint density at radius 1 is 1.11 bits per heavy atom. The number of hydrogen-bond donors (Lipinski definition) is 0. The van der Waals surface area contributed by atoms with E-state index in [0.29, 0.717) is 42.7 Å². The largest absolute Gasteiger partial charge is 0.486 e. The minimum absolute atomic E-state index is 0.102. The van der Waals surface area contributed by atoms with E-state index in [1.807, 2.05) is 18.2 Å². The first-order valence-electron chi connectivity index (χ1n) is 9.14. The Balaban J connectivity index is 1.44. The van der Waals surface area contributed by atoms with Crippen molar-refractivity contribution in [2.45, 2.75) is 19.8 Å². The van der Waals surface area contributed by atoms with Gasteiger partial charge in [-0.3, -0.25) is 9.59 Å². The molecule has 0 bridgehead atoms. The Bertz CT molecular complexity index is 861. The molecule has 1 amide bonds. The van der Waals surface area contributed by atoms with E-state index in [2.05, 4.69) is 6.92 Å². The van der Waals surface area contributed by atoms with Crippen molar-refractivity contribution in [3.63, 3.8) is 0 Å². The molecule has 0 saturated carbocycles. The average Bonchev–Trinajstić information content (AvgIpc) is 3.10. The number of fused-ring (bicyclic) bond motifs is 1. The van der Waals surface area contributed by atoms with Crippen LogP contribution in [0.15, 0.2) is 42.5 Å². The molecule has 0 spiro atoms. The van der Waals surface area contributed by atoms with Crippen molar-refractivity contribution in [2.75, 3.05) is 24.7 Å². The Hall–Kier alpha value is -3.02. The van der Waals surface area contributed by atoms with Gasteiger partial charge in [0.15, 0.2) is 11.5 Å². The predicted octanol–water partition coefficient (Wildman–Crippen LogP) is 2.98. The molecule has 2 heterocycles. The van der Waals surface area contributed by atoms with Gasteiger partial charge in [-0.2, -0.15) is 0 Å². The van der Waals surface area contributed by atoms with E-state index >= 15 is 0 Å². The van der Waals surface area contributed by atoms with Gasteiger partial charge in [0.05, 0.1) is 5.92 Å². The Morgan fingerprint density at radius 2 is 1.85 bits per heavy atom. The first-order valence-corrected chi connectivity index (χ1v) is 9.14. The van der Waals surface area contributed by atoms with Crippen molar-refractivity contribution in [1.82, 2.24) is 0 Å². The monoisotopic (exact) mass is 367 g/mol. The van der Waals surface area contributed by atoms with Gasteiger partial charge in [-0.15, -0.1) is 0 Å². The summed E-state index contributed by atoms with van der Waals surface area (Å²) in [5, 5.41) is 0. The van der Waals surface area contributed by atoms with E-state index < -0.39 is 5.92 Å². The number of hydrogen-bond acceptors (Lipinski definition) is 5. The van der Waals surface area contributed by atoms with Crippen molar-refractivity contribution in [3.05, 3.63) is 48.0 Å². The maximum Gasteiger partial charge on any atom is 0.316 e. The first kappa shape index (κ1) is 17.4. The fourth-order valence-electron chi connectivity index (χ4n) is 3.31. The molecule has 140 valence electrons. The molecule has 0 aliphatic carbocycles. The lowest BCUT2D eigenvalue weighted by Gasteiger charge is -2.22. The van der Waals surface area contributed by atoms with Crippen molar-refractivity contribution < 1.29 is 23.8 Å². The molecule has 0 radical (unpaired) electrons. The van der Waals surface area contributed by atoms with E-state index in [1.54, 1.807) is 29.2 Å². The van der Waals surface area contributed by atoms with Crippen molar-refractivity contribution in [3.8, 4) is 17.2 Å². The standard InChI is InChI=1S/C21H21NO5/c1-2-14-3-6-17(7-4-14)27-21(24)15-11-20(23)22(13-15)16-5-8-18-19(12-16)26-10-9-25-18/h3-8,12,15H,2,9-11,13H2,1H3. The van der Waals surface area contributed by atoms with Crippen LogP contribution in [0.3, 0.4) is 0 Å². The second kappa shape index (κ2) is 7.31. The minimum Gasteiger partial charge on any atom is -0.486 e. The molecule has 1 atom stereocenters. The van der Waals surface area contributed by atoms with Crippen molar-refractivity contribution >= 4 is 17.6 Å². The van der Waals surface area contributed by atoms with Crippen molar-refractivity contribution in [1.29, 1.82) is 0 Å². The number of carbonyl (C=O) groups is 2. The number of aryl methyl sites for hydroxylation is 1. The molecular weight excluding hydrogens is 346 g/mol. The van der Waals surface area contributed by atoms with Crippen LogP contribution in [0.2, 0.25) is 0 Å². The molecule has 1 fully saturated rings. The first-order chi connectivity index (χ1) is 13.1. The number of anilines is 1. The summed E-state index contributed by atoms with van der Waals surface area (Å²) in [6.07, 6.45) is 1.07. The SMILES string of the molecule is CCc1ccc(OC(=O)C2CC(=O)N(c3ccc4c(c3)OCCO4)C2)cc1. The highest BCUT2D eigenvalue weighted by Gasteiger charge is 2.36. The molecular formula is C21H21NO5. The Morgan fingerprint density at radius 3 is 2.59 bits per heavy atom. The summed E-state index contributed by atoms with van der Waals surface area (Å²) in [6.45, 7) is 3.36. The third kappa shape index (κ3) is 3.60. The second-order valence-electron chi connectivity index (χ2n) is 6.65. The maximum atomic E-state index is 12.5. The third-order valence-corrected chi connectivity index (χ3v) is 4.85. The molecule has 2 aliphatic rings. The molecule has 2 aromatic carbocycles. The summed E-state index contributed by atoms with van der Waals surface area (Å²) in [7, 11) is 0. The molecule has 6 nitrogen and oxygen atoms in total. The summed E-state index contributed by atoms with van der Waals surface area (Å²) in [4.78, 5) is 26.5. The minimum atomic E-state index is -0.489. The summed E-state index contributed by atoms with van der Waals surface area (Å²) >= 11 is 0. The third-order valence-electron chi connectivity index (χ3n) is 4.85. The topological polar surface area (TPSA) is 65.1 Å². The van der Waals surface area contributed by atoms with Crippen LogP contribution in [0, 0.1) is 5.92 Å². The molecule has 4 rings (SSSR count). The molecule has 6 heteroatoms. The lowest BCUT2D eigenvalue weighted by molar-refractivity contribution is -0.139. The van der Waals surface area contributed by atoms with Gasteiger partial charge in [0.25, 0.3) is 0 Å². The number of benzene rings is 2. The summed E-state index contributed by atoms with van der Waals surface area (Å²) in [6, 6.07) is 12.8. The van der Waals surface area contributed by atoms with Gasteiger partial charge in [-0.1, -0.05) is 19.1 Å². The number of rotatable bonds is 4. The summed E-state index contributed by atoms with van der Waals surface area (Å²) in [5.41, 5.74) is 1.88. The lowest BCUT2D eigenvalue weighted by atomic mass is 10.1. The maximum absolute atomic E-state index is 12.5. The van der Waals surface area contributed by atoms with Gasteiger partial charge in [0.2, 0.25) is 5.91 Å². The average molecular weight is 367 g/mol. The predicted molar refractivity (Wildman–Crippen MR) is 99.3 cm³/mol. The van der Waals surface area contributed by atoms with Crippen LogP contribution in [0.5, 0.6) is 17.2 Å². The Labute approximate surface area is 157 Å². The zero-order chi connectivity index (χ0) is 18.8. The van der Waals surface area contributed by atoms with Crippen LogP contribution < -0.4 is 19.1 Å². The molecule has 1 saturated heterocycles. The highest BCUT2D eigenvalue weighted by molar-refractivity contribution is 6.00. The number of ether oxygens (including phenoxy) is 3. The number of amides is 1. The van der Waals surface area contributed by atoms with Crippen molar-refractivity contribution in [2.24, 2.45) is 5.92 Å². The van der Waals surface area contributed by atoms with Gasteiger partial charge in [0.1, 0.15) is 19.0 Å². The fraction of sp³-hybridized carbons (Fsp3) is 0.333. The van der Waals surface area contributed by atoms with E-state index in [9.17, 15) is 9.59 Å². The van der Waals surface area contributed by atoms with Crippen LogP contribution in [0.25, 0.3) is 0 Å². The van der Waals surface area contributed by atoms with Gasteiger partial charge in [0, 0.05) is 24.7 Å². The zero-order valence-corrected chi connectivity index (χ0v) is 15.1. The zero-order valence-electron chi connectivity index (χ0n) is 15.1. The molecule has 0 N–H and O–H groups in total. The molecule has 2 aliphatic heterocycles. The van der Waals surface area contributed by atoms with Crippen LogP contribution >= 0.6 is 0 Å². The van der Waals surface area contributed by atoms with Crippen LogP contribution in [0.4, 0.5) is 5.69 Å². The van der Waals surface area contributed by atoms with Gasteiger partial charge in [-0.25, -0.2) is 0 Å². The number of esters is 1. The summed E-state index contributed by atoms with van der Waals surface area (Å²) in [5.74, 6) is 0.818. The van der Waals surface area contributed by atoms with Gasteiger partial charge < -0.3 is 19.1 Å². The quantitative estimate of drug-likeness (QED) is 0.614. The highest BCUT2D eigenvalue weighted by atomic mass is 16.6. The number of carbonyl (C=O) groups excluding carboxylic acids is 2. The van der Waals surface area contributed by atoms with E-state index in [1.165, 1.54) is 5.56 Å². The van der Waals surface area contributed by atoms with E-state index in [0.717, 1.165) is 6.42 Å². The normalized spacial score (nSPS) is 18.5. The lowest BCUT2D eigenvalue weighted by Crippen LogP contribution is -2.27. The molecule has 0 aromatic heterocycles. The van der Waals surface area contributed by atoms with E-state index in [4.69, 9.17) is 14.2 Å². The molecule has 2 aromatic rings. The fourth-order valence-corrected chi connectivity index (χ4v) is 3.31. The molecule has 27 heavy (non-hydrogen) atoms. The Kier molecular flexibility index (Phi) is 4.71. The van der Waals surface area contributed by atoms with Gasteiger partial charge in [-0.05, 0) is 36.2 Å². The second-order valence-corrected chi connectivity index (χ2v) is 6.65. The van der Waals surface area contributed by atoms with Crippen LogP contribution in [-0.2, 0) is 16.0 Å². The van der Waals surface area contributed by atoms with Gasteiger partial charge >= 0.3 is 5.97 Å². The molecule has 1 unspecified atom stereocenters. The number of nitrogens with zero attached hydrogens (tertiary/aromatic N) is 1. The van der Waals surface area contributed by atoms with Crippen LogP contribution in [-0.4, -0.2) is 31.6 Å². The van der Waals surface area contributed by atoms with Crippen LogP contribution in [0.1, 0.15) is 18.9 Å².